The molecule has 0 aromatic carbocycles. The van der Waals surface area contributed by atoms with Crippen LogP contribution in [0.2, 0.25) is 0 Å². The number of hydrogen-bond donors (Lipinski definition) is 7. The van der Waals surface area contributed by atoms with Gasteiger partial charge >= 0.3 is 6.09 Å². The van der Waals surface area contributed by atoms with Crippen LogP contribution in [0.15, 0.2) is 0 Å². The lowest BCUT2D eigenvalue weighted by atomic mass is 10.1. The number of rotatable bonds is 42. The molecule has 0 radical (unpaired) electrons. The predicted molar refractivity (Wildman–Crippen MR) is 236 cm³/mol. The van der Waals surface area contributed by atoms with Crippen molar-refractivity contribution in [1.82, 2.24) is 31.9 Å². The summed E-state index contributed by atoms with van der Waals surface area (Å²) in [5.74, 6) is 1.10. The van der Waals surface area contributed by atoms with Crippen LogP contribution in [0, 0.1) is 0 Å². The molecule has 0 aliphatic carbocycles. The summed E-state index contributed by atoms with van der Waals surface area (Å²) >= 11 is 3.53. The third kappa shape index (κ3) is 40.8. The van der Waals surface area contributed by atoms with E-state index < -0.39 is 6.09 Å². The molecular formula is C39H73IN6O12S. The Hall–Kier alpha value is -2.34. The summed E-state index contributed by atoms with van der Waals surface area (Å²) in [6, 6.07) is -0.303. The highest BCUT2D eigenvalue weighted by atomic mass is 127. The van der Waals surface area contributed by atoms with Crippen molar-refractivity contribution in [2.24, 2.45) is 0 Å². The summed E-state index contributed by atoms with van der Waals surface area (Å²) in [7, 11) is 1.75. The van der Waals surface area contributed by atoms with Crippen LogP contribution in [-0.2, 0) is 47.7 Å². The van der Waals surface area contributed by atoms with Gasteiger partial charge in [-0.2, -0.15) is 11.8 Å². The van der Waals surface area contributed by atoms with E-state index in [2.05, 4.69) is 31.9 Å². The molecule has 344 valence electrons. The Kier molecular flexibility index (Phi) is 39.4. The van der Waals surface area contributed by atoms with Gasteiger partial charge in [0, 0.05) is 79.5 Å². The molecule has 0 aromatic heterocycles. The first-order valence-electron chi connectivity index (χ1n) is 20.9. The molecule has 3 unspecified atom stereocenters. The molecule has 59 heavy (non-hydrogen) atoms. The standard InChI is InChI=1S/C39H73IN6O12S/c1-31(45-35(48)13-7-5-4-6-10-27-59-30-32(2)46-39(52)53)14-15-34(47)44-18-20-55-22-24-57-26-25-56-23-21-54-19-11-17-43-37(50)29-58-28-36(49)42-16-9-8-12-33(41-3)38(40)51/h31-33,41,46H,4-30H2,1-3H3,(H,42,49)(H,43,50)(H,44,47)(H,45,48)(H,52,53). The number of carbonyl (C=O) groups is 6. The van der Waals surface area contributed by atoms with Gasteiger partial charge in [-0.15, -0.1) is 0 Å². The number of carbonyl (C=O) groups excluding carboxylic acids is 5. The smallest absolute Gasteiger partial charge is 0.404 e. The molecule has 18 nitrogen and oxygen atoms in total. The fourth-order valence-corrected chi connectivity index (χ4v) is 6.86. The van der Waals surface area contributed by atoms with Gasteiger partial charge in [0.2, 0.25) is 27.4 Å². The van der Waals surface area contributed by atoms with Gasteiger partial charge < -0.3 is 60.7 Å². The summed E-state index contributed by atoms with van der Waals surface area (Å²) in [4.78, 5) is 70.0. The van der Waals surface area contributed by atoms with Gasteiger partial charge in [-0.1, -0.05) is 19.3 Å². The van der Waals surface area contributed by atoms with Gasteiger partial charge in [0.25, 0.3) is 0 Å². The van der Waals surface area contributed by atoms with E-state index in [1.165, 1.54) is 0 Å². The zero-order valence-electron chi connectivity index (χ0n) is 35.5. The number of halogens is 1. The first-order valence-corrected chi connectivity index (χ1v) is 23.1. The van der Waals surface area contributed by atoms with Gasteiger partial charge in [-0.25, -0.2) is 4.79 Å². The molecule has 0 saturated carbocycles. The van der Waals surface area contributed by atoms with Crippen molar-refractivity contribution in [2.45, 2.75) is 109 Å². The highest BCUT2D eigenvalue weighted by Crippen LogP contribution is 2.11. The van der Waals surface area contributed by atoms with Crippen molar-refractivity contribution in [2.75, 3.05) is 104 Å². The maximum absolute atomic E-state index is 12.2. The van der Waals surface area contributed by atoms with Crippen molar-refractivity contribution in [3.05, 3.63) is 0 Å². The van der Waals surface area contributed by atoms with Crippen molar-refractivity contribution < 1.29 is 57.6 Å². The van der Waals surface area contributed by atoms with Crippen LogP contribution in [0.25, 0.3) is 0 Å². The molecule has 0 aliphatic rings. The first kappa shape index (κ1) is 56.7. The summed E-state index contributed by atoms with van der Waals surface area (Å²) in [6.45, 7) is 7.98. The third-order valence-corrected chi connectivity index (χ3v) is 10.5. The fraction of sp³-hybridized carbons (Fsp3) is 0.846. The SMILES string of the molecule is CNC(CCCCNC(=O)COCC(=O)NCCCOCCOCCOCCOCCNC(=O)CCC(C)NC(=O)CCCCCCCSCC(C)NC(=O)O)C(=O)I. The monoisotopic (exact) mass is 976 g/mol. The number of hydrogen-bond acceptors (Lipinski definition) is 13. The van der Waals surface area contributed by atoms with Crippen molar-refractivity contribution in [3.8, 4) is 0 Å². The van der Waals surface area contributed by atoms with Crippen LogP contribution >= 0.6 is 34.4 Å². The molecule has 0 heterocycles. The van der Waals surface area contributed by atoms with E-state index in [1.807, 2.05) is 13.8 Å². The fourth-order valence-electron chi connectivity index (χ4n) is 5.23. The van der Waals surface area contributed by atoms with Gasteiger partial charge in [0.05, 0.1) is 52.3 Å². The Balaban J connectivity index is 3.46. The average Bonchev–Trinajstić information content (AvgIpc) is 3.18. The molecule has 3 atom stereocenters. The molecule has 0 aromatic rings. The van der Waals surface area contributed by atoms with Crippen LogP contribution in [-0.4, -0.2) is 161 Å². The van der Waals surface area contributed by atoms with Crippen LogP contribution in [0.1, 0.15) is 90.9 Å². The van der Waals surface area contributed by atoms with E-state index >= 15 is 0 Å². The van der Waals surface area contributed by atoms with E-state index in [0.717, 1.165) is 56.5 Å². The molecule has 0 spiro atoms. The Morgan fingerprint density at radius 2 is 1.12 bits per heavy atom. The van der Waals surface area contributed by atoms with Crippen molar-refractivity contribution >= 4 is 67.9 Å². The normalized spacial score (nSPS) is 12.6. The lowest BCUT2D eigenvalue weighted by molar-refractivity contribution is -0.131. The van der Waals surface area contributed by atoms with Gasteiger partial charge in [-0.05, 0) is 71.6 Å². The molecule has 0 bridgehead atoms. The summed E-state index contributed by atoms with van der Waals surface area (Å²) in [5.41, 5.74) is 0. The lowest BCUT2D eigenvalue weighted by Crippen LogP contribution is -2.34. The molecule has 0 fully saturated rings. The number of thioether (sulfide) groups is 1. The number of ether oxygens (including phenoxy) is 5. The maximum atomic E-state index is 12.2. The molecular weight excluding hydrogens is 903 g/mol. The number of unbranched alkanes of at least 4 members (excludes halogenated alkanes) is 5. The number of likely N-dealkylation sites (N-methyl/N-ethyl adjacent to an activating group) is 1. The van der Waals surface area contributed by atoms with Gasteiger partial charge in [0.1, 0.15) is 13.2 Å². The van der Waals surface area contributed by atoms with E-state index in [0.29, 0.717) is 105 Å². The van der Waals surface area contributed by atoms with E-state index in [9.17, 15) is 28.8 Å². The highest BCUT2D eigenvalue weighted by Gasteiger charge is 2.13. The quantitative estimate of drug-likeness (QED) is 0.0265. The Bertz CT molecular complexity index is 1130. The zero-order valence-corrected chi connectivity index (χ0v) is 38.5. The molecule has 0 rings (SSSR count). The second-order valence-corrected chi connectivity index (χ2v) is 16.2. The minimum atomic E-state index is -0.989. The number of amides is 5. The van der Waals surface area contributed by atoms with Gasteiger partial charge in [0.15, 0.2) is 0 Å². The van der Waals surface area contributed by atoms with Crippen molar-refractivity contribution in [1.29, 1.82) is 0 Å². The molecule has 0 aliphatic heterocycles. The summed E-state index contributed by atoms with van der Waals surface area (Å²) < 4.78 is 27.2. The number of nitrogens with one attached hydrogen (secondary N) is 6. The van der Waals surface area contributed by atoms with E-state index in [-0.39, 0.29) is 58.8 Å². The molecule has 20 heteroatoms. The second kappa shape index (κ2) is 41.0. The van der Waals surface area contributed by atoms with Crippen molar-refractivity contribution in [3.63, 3.8) is 0 Å². The number of carboxylic acid groups (broad SMARTS) is 1. The van der Waals surface area contributed by atoms with E-state index in [4.69, 9.17) is 28.8 Å². The predicted octanol–water partition coefficient (Wildman–Crippen LogP) is 2.54. The largest absolute Gasteiger partial charge is 0.465 e. The highest BCUT2D eigenvalue weighted by molar-refractivity contribution is 14.1. The van der Waals surface area contributed by atoms with Crippen LogP contribution in [0.5, 0.6) is 0 Å². The zero-order chi connectivity index (χ0) is 43.8. The van der Waals surface area contributed by atoms with E-state index in [1.54, 1.807) is 41.4 Å². The summed E-state index contributed by atoms with van der Waals surface area (Å²) in [6.07, 6.45) is 8.34. The Labute approximate surface area is 369 Å². The van der Waals surface area contributed by atoms with Crippen LogP contribution < -0.4 is 31.9 Å². The van der Waals surface area contributed by atoms with Crippen LogP contribution in [0.3, 0.4) is 0 Å². The summed E-state index contributed by atoms with van der Waals surface area (Å²) in [5, 5.41) is 25.3. The molecule has 5 amide bonds. The Morgan fingerprint density at radius 1 is 0.559 bits per heavy atom. The first-order chi connectivity index (χ1) is 28.4. The maximum Gasteiger partial charge on any atom is 0.404 e. The van der Waals surface area contributed by atoms with Crippen LogP contribution in [0.4, 0.5) is 4.79 Å². The molecule has 7 N–H and O–H groups in total. The minimum absolute atomic E-state index is 0.0108. The average molecular weight is 977 g/mol. The minimum Gasteiger partial charge on any atom is -0.465 e. The lowest BCUT2D eigenvalue weighted by Gasteiger charge is -2.14. The second-order valence-electron chi connectivity index (χ2n) is 13.9. The molecule has 0 saturated heterocycles. The van der Waals surface area contributed by atoms with Gasteiger partial charge in [-0.3, -0.25) is 24.0 Å². The topological polar surface area (TPSA) is 241 Å². The Morgan fingerprint density at radius 3 is 1.73 bits per heavy atom. The third-order valence-electron chi connectivity index (χ3n) is 8.44.